The molecule has 1 atom stereocenters. The van der Waals surface area contributed by atoms with Crippen LogP contribution >= 0.6 is 0 Å². The van der Waals surface area contributed by atoms with Gasteiger partial charge in [-0.3, -0.25) is 9.59 Å². The highest BCUT2D eigenvalue weighted by Gasteiger charge is 2.36. The number of carbonyl (C=O) groups is 2. The molecule has 0 aromatic heterocycles. The highest BCUT2D eigenvalue weighted by Crippen LogP contribution is 2.18. The van der Waals surface area contributed by atoms with E-state index in [4.69, 9.17) is 5.11 Å². The van der Waals surface area contributed by atoms with Crippen molar-refractivity contribution in [2.45, 2.75) is 25.3 Å². The van der Waals surface area contributed by atoms with Gasteiger partial charge in [-0.25, -0.2) is 8.78 Å². The molecule has 0 saturated heterocycles. The second-order valence-electron chi connectivity index (χ2n) is 2.55. The predicted molar refractivity (Wildman–Crippen MR) is 35.9 cm³/mol. The fraction of sp³-hybridized carbons (Fsp3) is 0.667. The summed E-state index contributed by atoms with van der Waals surface area (Å²) in [7, 11) is 0. The standard InChI is InChI=1S/C6H9F2NO3/c1-6(5(7)8,9-3-10)2-4(11)12/h3,5H,2H2,1H3,(H,9,10)(H,11,12). The van der Waals surface area contributed by atoms with E-state index >= 15 is 0 Å². The average Bonchev–Trinajstić information content (AvgIpc) is 1.85. The van der Waals surface area contributed by atoms with E-state index < -0.39 is 24.4 Å². The number of hydrogen-bond donors (Lipinski definition) is 2. The second kappa shape index (κ2) is 3.99. The number of alkyl halides is 2. The molecular weight excluding hydrogens is 172 g/mol. The molecule has 0 fully saturated rings. The highest BCUT2D eigenvalue weighted by atomic mass is 19.3. The van der Waals surface area contributed by atoms with Crippen LogP contribution in [-0.4, -0.2) is 29.5 Å². The fourth-order valence-electron chi connectivity index (χ4n) is 0.640. The Balaban J connectivity index is 4.37. The highest BCUT2D eigenvalue weighted by molar-refractivity contribution is 5.69. The summed E-state index contributed by atoms with van der Waals surface area (Å²) in [5.41, 5.74) is -1.98. The van der Waals surface area contributed by atoms with Gasteiger partial charge in [0.2, 0.25) is 6.41 Å². The van der Waals surface area contributed by atoms with Crippen molar-refractivity contribution >= 4 is 12.4 Å². The first kappa shape index (κ1) is 10.8. The van der Waals surface area contributed by atoms with Gasteiger partial charge in [0.15, 0.2) is 0 Å². The molecule has 0 spiro atoms. The SMILES string of the molecule is CC(CC(=O)O)(NC=O)C(F)F. The lowest BCUT2D eigenvalue weighted by Crippen LogP contribution is -2.49. The van der Waals surface area contributed by atoms with Gasteiger partial charge in [0.05, 0.1) is 6.42 Å². The topological polar surface area (TPSA) is 66.4 Å². The van der Waals surface area contributed by atoms with Crippen molar-refractivity contribution in [3.05, 3.63) is 0 Å². The summed E-state index contributed by atoms with van der Waals surface area (Å²) in [5, 5.41) is 10.0. The van der Waals surface area contributed by atoms with Gasteiger partial charge in [-0.15, -0.1) is 0 Å². The molecule has 0 aliphatic rings. The molecule has 0 aromatic carbocycles. The molecular formula is C6H9F2NO3. The van der Waals surface area contributed by atoms with Crippen molar-refractivity contribution in [2.24, 2.45) is 0 Å². The van der Waals surface area contributed by atoms with Crippen LogP contribution in [0.15, 0.2) is 0 Å². The smallest absolute Gasteiger partial charge is 0.305 e. The number of carboxylic acids is 1. The quantitative estimate of drug-likeness (QED) is 0.596. The zero-order chi connectivity index (χ0) is 9.78. The van der Waals surface area contributed by atoms with E-state index in [1.807, 2.05) is 0 Å². The van der Waals surface area contributed by atoms with Gasteiger partial charge >= 0.3 is 5.97 Å². The molecule has 1 amide bonds. The minimum absolute atomic E-state index is 0.0646. The van der Waals surface area contributed by atoms with Crippen LogP contribution in [0, 0.1) is 0 Å². The monoisotopic (exact) mass is 181 g/mol. The first-order chi connectivity index (χ1) is 5.42. The fourth-order valence-corrected chi connectivity index (χ4v) is 0.640. The molecule has 4 nitrogen and oxygen atoms in total. The Morgan fingerprint density at radius 1 is 1.75 bits per heavy atom. The third-order valence-electron chi connectivity index (χ3n) is 1.39. The molecule has 0 rings (SSSR count). The number of carboxylic acid groups (broad SMARTS) is 1. The maximum absolute atomic E-state index is 12.1. The van der Waals surface area contributed by atoms with E-state index in [-0.39, 0.29) is 6.41 Å². The molecule has 0 aliphatic heterocycles. The summed E-state index contributed by atoms with van der Waals surface area (Å²) in [4.78, 5) is 20.0. The summed E-state index contributed by atoms with van der Waals surface area (Å²) < 4.78 is 24.3. The summed E-state index contributed by atoms with van der Waals surface area (Å²) in [5.74, 6) is -1.38. The van der Waals surface area contributed by atoms with Crippen molar-refractivity contribution in [1.82, 2.24) is 5.32 Å². The Hall–Kier alpha value is -1.20. The molecule has 0 heterocycles. The molecule has 0 bridgehead atoms. The summed E-state index contributed by atoms with van der Waals surface area (Å²) in [6.45, 7) is 0.972. The third kappa shape index (κ3) is 2.81. The van der Waals surface area contributed by atoms with Crippen molar-refractivity contribution < 1.29 is 23.5 Å². The molecule has 0 aliphatic carbocycles. The Bertz CT molecular complexity index is 186. The van der Waals surface area contributed by atoms with Crippen molar-refractivity contribution in [2.75, 3.05) is 0 Å². The minimum atomic E-state index is -2.90. The van der Waals surface area contributed by atoms with Crippen molar-refractivity contribution in [1.29, 1.82) is 0 Å². The number of halogens is 2. The van der Waals surface area contributed by atoms with Crippen molar-refractivity contribution in [3.8, 4) is 0 Å². The number of amides is 1. The van der Waals surface area contributed by atoms with Crippen LogP contribution in [0.5, 0.6) is 0 Å². The number of hydrogen-bond acceptors (Lipinski definition) is 2. The van der Waals surface area contributed by atoms with Gasteiger partial charge < -0.3 is 10.4 Å². The maximum Gasteiger partial charge on any atom is 0.305 e. The predicted octanol–water partition coefficient (Wildman–Crippen LogP) is 0.231. The second-order valence-corrected chi connectivity index (χ2v) is 2.55. The molecule has 0 aromatic rings. The summed E-state index contributed by atoms with van der Waals surface area (Å²) in [6, 6.07) is 0. The van der Waals surface area contributed by atoms with Crippen LogP contribution < -0.4 is 5.32 Å². The van der Waals surface area contributed by atoms with E-state index in [0.717, 1.165) is 6.92 Å². The zero-order valence-corrected chi connectivity index (χ0v) is 6.38. The Morgan fingerprint density at radius 2 is 2.25 bits per heavy atom. The molecule has 2 N–H and O–H groups in total. The van der Waals surface area contributed by atoms with Gasteiger partial charge in [0, 0.05) is 0 Å². The first-order valence-corrected chi connectivity index (χ1v) is 3.13. The van der Waals surface area contributed by atoms with Gasteiger partial charge in [-0.1, -0.05) is 0 Å². The number of carbonyl (C=O) groups excluding carboxylic acids is 1. The van der Waals surface area contributed by atoms with Gasteiger partial charge in [0.1, 0.15) is 5.54 Å². The molecule has 0 radical (unpaired) electrons. The summed E-state index contributed by atoms with van der Waals surface area (Å²) >= 11 is 0. The van der Waals surface area contributed by atoms with Gasteiger partial charge in [-0.05, 0) is 6.92 Å². The van der Waals surface area contributed by atoms with Crippen LogP contribution in [0.4, 0.5) is 8.78 Å². The summed E-state index contributed by atoms with van der Waals surface area (Å²) in [6.07, 6.45) is -3.64. The van der Waals surface area contributed by atoms with E-state index in [2.05, 4.69) is 0 Å². The third-order valence-corrected chi connectivity index (χ3v) is 1.39. The maximum atomic E-state index is 12.1. The molecule has 0 saturated carbocycles. The lowest BCUT2D eigenvalue weighted by Gasteiger charge is -2.25. The zero-order valence-electron chi connectivity index (χ0n) is 6.38. The number of rotatable bonds is 5. The van der Waals surface area contributed by atoms with E-state index in [1.54, 1.807) is 5.32 Å². The molecule has 1 unspecified atom stereocenters. The van der Waals surface area contributed by atoms with Crippen LogP contribution in [0.25, 0.3) is 0 Å². The van der Waals surface area contributed by atoms with E-state index in [0.29, 0.717) is 0 Å². The first-order valence-electron chi connectivity index (χ1n) is 3.13. The van der Waals surface area contributed by atoms with Crippen LogP contribution in [0.1, 0.15) is 13.3 Å². The number of aliphatic carboxylic acids is 1. The van der Waals surface area contributed by atoms with E-state index in [9.17, 15) is 18.4 Å². The number of nitrogens with one attached hydrogen (secondary N) is 1. The molecule has 12 heavy (non-hydrogen) atoms. The van der Waals surface area contributed by atoms with Crippen LogP contribution in [-0.2, 0) is 9.59 Å². The normalized spacial score (nSPS) is 15.3. The Kier molecular flexibility index (Phi) is 3.59. The average molecular weight is 181 g/mol. The Morgan fingerprint density at radius 3 is 2.50 bits per heavy atom. The van der Waals surface area contributed by atoms with Crippen LogP contribution in [0.3, 0.4) is 0 Å². The molecule has 6 heteroatoms. The Labute approximate surface area is 67.6 Å². The van der Waals surface area contributed by atoms with E-state index in [1.165, 1.54) is 0 Å². The van der Waals surface area contributed by atoms with Gasteiger partial charge in [-0.2, -0.15) is 0 Å². The molecule has 70 valence electrons. The van der Waals surface area contributed by atoms with Gasteiger partial charge in [0.25, 0.3) is 6.43 Å². The van der Waals surface area contributed by atoms with Crippen LogP contribution in [0.2, 0.25) is 0 Å². The lowest BCUT2D eigenvalue weighted by atomic mass is 9.99. The largest absolute Gasteiger partial charge is 0.481 e. The minimum Gasteiger partial charge on any atom is -0.481 e. The lowest BCUT2D eigenvalue weighted by molar-refractivity contribution is -0.140. The van der Waals surface area contributed by atoms with Crippen molar-refractivity contribution in [3.63, 3.8) is 0 Å².